The third kappa shape index (κ3) is 4.83. The van der Waals surface area contributed by atoms with Gasteiger partial charge in [-0.25, -0.2) is 4.39 Å². The van der Waals surface area contributed by atoms with E-state index in [1.54, 1.807) is 30.3 Å². The van der Waals surface area contributed by atoms with Gasteiger partial charge in [-0.05, 0) is 55.5 Å². The molecule has 1 fully saturated rings. The van der Waals surface area contributed by atoms with Crippen molar-refractivity contribution in [2.24, 2.45) is 5.92 Å². The lowest BCUT2D eigenvalue weighted by molar-refractivity contribution is -0.122. The first-order valence-corrected chi connectivity index (χ1v) is 10.2. The topological polar surface area (TPSA) is 78.5 Å². The number of aryl methyl sites for hydroxylation is 1. The Hall–Kier alpha value is -4.00. The van der Waals surface area contributed by atoms with E-state index in [0.717, 1.165) is 5.56 Å². The van der Waals surface area contributed by atoms with Gasteiger partial charge in [-0.2, -0.15) is 0 Å². The molecular weight excluding hydrogens is 409 g/mol. The van der Waals surface area contributed by atoms with Gasteiger partial charge in [-0.3, -0.25) is 14.4 Å². The summed E-state index contributed by atoms with van der Waals surface area (Å²) < 4.78 is 13.4. The summed E-state index contributed by atoms with van der Waals surface area (Å²) in [7, 11) is 0. The highest BCUT2D eigenvalue weighted by atomic mass is 19.1. The Morgan fingerprint density at radius 3 is 2.44 bits per heavy atom. The Bertz CT molecular complexity index is 1180. The molecule has 1 aliphatic rings. The number of amides is 3. The van der Waals surface area contributed by atoms with Crippen LogP contribution in [-0.4, -0.2) is 24.3 Å². The second kappa shape index (κ2) is 9.01. The summed E-state index contributed by atoms with van der Waals surface area (Å²) in [6.07, 6.45) is 0.0426. The maximum absolute atomic E-state index is 13.4. The summed E-state index contributed by atoms with van der Waals surface area (Å²) in [5, 5.41) is 5.49. The van der Waals surface area contributed by atoms with Crippen molar-refractivity contribution in [1.82, 2.24) is 0 Å². The monoisotopic (exact) mass is 431 g/mol. The third-order valence-corrected chi connectivity index (χ3v) is 5.32. The number of nitrogens with zero attached hydrogens (tertiary/aromatic N) is 1. The van der Waals surface area contributed by atoms with E-state index in [-0.39, 0.29) is 30.7 Å². The van der Waals surface area contributed by atoms with Gasteiger partial charge in [0.1, 0.15) is 5.82 Å². The second-order valence-electron chi connectivity index (χ2n) is 7.78. The van der Waals surface area contributed by atoms with Crippen LogP contribution in [0.4, 0.5) is 21.5 Å². The lowest BCUT2D eigenvalue weighted by atomic mass is 10.1. The van der Waals surface area contributed by atoms with Crippen molar-refractivity contribution < 1.29 is 18.8 Å². The molecule has 3 aromatic carbocycles. The quantitative estimate of drug-likeness (QED) is 0.629. The van der Waals surface area contributed by atoms with E-state index in [1.807, 2.05) is 31.2 Å². The SMILES string of the molecule is Cc1ccc(NC(=O)c2cccc(N3CC(C(=O)Nc4cccc(F)c4)CC3=O)c2)cc1. The Morgan fingerprint density at radius 2 is 1.69 bits per heavy atom. The Morgan fingerprint density at radius 1 is 0.938 bits per heavy atom. The maximum Gasteiger partial charge on any atom is 0.255 e. The molecule has 1 atom stereocenters. The van der Waals surface area contributed by atoms with Crippen LogP contribution in [0.3, 0.4) is 0 Å². The van der Waals surface area contributed by atoms with Crippen molar-refractivity contribution in [3.8, 4) is 0 Å². The number of carbonyl (C=O) groups excluding carboxylic acids is 3. The molecule has 4 rings (SSSR count). The number of nitrogens with one attached hydrogen (secondary N) is 2. The van der Waals surface area contributed by atoms with E-state index in [4.69, 9.17) is 0 Å². The normalized spacial score (nSPS) is 15.5. The van der Waals surface area contributed by atoms with Crippen LogP contribution in [0, 0.1) is 18.7 Å². The Labute approximate surface area is 185 Å². The van der Waals surface area contributed by atoms with Gasteiger partial charge in [-0.15, -0.1) is 0 Å². The molecule has 0 spiro atoms. The van der Waals surface area contributed by atoms with E-state index in [9.17, 15) is 18.8 Å². The fourth-order valence-electron chi connectivity index (χ4n) is 3.60. The smallest absolute Gasteiger partial charge is 0.255 e. The van der Waals surface area contributed by atoms with Crippen LogP contribution >= 0.6 is 0 Å². The number of anilines is 3. The molecule has 0 aromatic heterocycles. The van der Waals surface area contributed by atoms with Gasteiger partial charge in [0.2, 0.25) is 11.8 Å². The van der Waals surface area contributed by atoms with Gasteiger partial charge in [0.05, 0.1) is 5.92 Å². The lowest BCUT2D eigenvalue weighted by Gasteiger charge is -2.18. The second-order valence-corrected chi connectivity index (χ2v) is 7.78. The van der Waals surface area contributed by atoms with E-state index in [0.29, 0.717) is 22.6 Å². The summed E-state index contributed by atoms with van der Waals surface area (Å²) in [5.41, 5.74) is 3.07. The van der Waals surface area contributed by atoms with Crippen LogP contribution in [0.25, 0.3) is 0 Å². The number of halogens is 1. The Balaban J connectivity index is 1.44. The molecule has 1 saturated heterocycles. The number of benzene rings is 3. The predicted molar refractivity (Wildman–Crippen MR) is 121 cm³/mol. The summed E-state index contributed by atoms with van der Waals surface area (Å²) in [6.45, 7) is 2.15. The van der Waals surface area contributed by atoms with E-state index < -0.39 is 11.7 Å². The molecule has 1 heterocycles. The van der Waals surface area contributed by atoms with Gasteiger partial charge in [0.25, 0.3) is 5.91 Å². The van der Waals surface area contributed by atoms with Crippen LogP contribution in [-0.2, 0) is 9.59 Å². The van der Waals surface area contributed by atoms with Crippen molar-refractivity contribution in [1.29, 1.82) is 0 Å². The maximum atomic E-state index is 13.4. The van der Waals surface area contributed by atoms with Crippen LogP contribution in [0.2, 0.25) is 0 Å². The molecule has 32 heavy (non-hydrogen) atoms. The standard InChI is InChI=1S/C25H22FN3O3/c1-16-8-10-20(11-9-16)27-24(31)17-4-2-7-22(12-17)29-15-18(13-23(29)30)25(32)28-21-6-3-5-19(26)14-21/h2-12,14,18H,13,15H2,1H3,(H,27,31)(H,28,32). The van der Waals surface area contributed by atoms with Crippen molar-refractivity contribution in [3.05, 3.63) is 89.7 Å². The van der Waals surface area contributed by atoms with Gasteiger partial charge >= 0.3 is 0 Å². The summed E-state index contributed by atoms with van der Waals surface area (Å²) >= 11 is 0. The van der Waals surface area contributed by atoms with E-state index in [2.05, 4.69) is 10.6 Å². The average molecular weight is 431 g/mol. The first-order chi connectivity index (χ1) is 15.4. The first-order valence-electron chi connectivity index (χ1n) is 10.2. The molecule has 1 aliphatic heterocycles. The van der Waals surface area contributed by atoms with Crippen molar-refractivity contribution in [2.45, 2.75) is 13.3 Å². The fraction of sp³-hybridized carbons (Fsp3) is 0.160. The highest BCUT2D eigenvalue weighted by Gasteiger charge is 2.35. The zero-order valence-electron chi connectivity index (χ0n) is 17.5. The third-order valence-electron chi connectivity index (χ3n) is 5.32. The molecule has 1 unspecified atom stereocenters. The zero-order valence-corrected chi connectivity index (χ0v) is 17.5. The molecule has 0 bridgehead atoms. The molecule has 3 aromatic rings. The molecule has 0 aliphatic carbocycles. The summed E-state index contributed by atoms with van der Waals surface area (Å²) in [4.78, 5) is 39.3. The van der Waals surface area contributed by atoms with Gasteiger partial charge in [0, 0.05) is 35.6 Å². The van der Waals surface area contributed by atoms with Crippen LogP contribution in [0.1, 0.15) is 22.3 Å². The fourth-order valence-corrected chi connectivity index (χ4v) is 3.60. The molecule has 2 N–H and O–H groups in total. The molecule has 7 heteroatoms. The van der Waals surface area contributed by atoms with Gasteiger partial charge < -0.3 is 15.5 Å². The predicted octanol–water partition coefficient (Wildman–Crippen LogP) is 4.38. The largest absolute Gasteiger partial charge is 0.326 e. The minimum atomic E-state index is -0.573. The molecule has 3 amide bonds. The first kappa shape index (κ1) is 21.2. The number of carbonyl (C=O) groups is 3. The van der Waals surface area contributed by atoms with Gasteiger partial charge in [0.15, 0.2) is 0 Å². The molecule has 0 radical (unpaired) electrons. The highest BCUT2D eigenvalue weighted by molar-refractivity contribution is 6.07. The van der Waals surface area contributed by atoms with Gasteiger partial charge in [-0.1, -0.05) is 29.8 Å². The molecule has 0 saturated carbocycles. The minimum absolute atomic E-state index is 0.0426. The molecule has 6 nitrogen and oxygen atoms in total. The number of hydrogen-bond donors (Lipinski definition) is 2. The lowest BCUT2D eigenvalue weighted by Crippen LogP contribution is -2.28. The average Bonchev–Trinajstić information content (AvgIpc) is 3.17. The summed E-state index contributed by atoms with van der Waals surface area (Å²) in [6, 6.07) is 19.8. The number of rotatable bonds is 5. The molecular formula is C25H22FN3O3. The highest BCUT2D eigenvalue weighted by Crippen LogP contribution is 2.27. The van der Waals surface area contributed by atoms with Crippen LogP contribution in [0.15, 0.2) is 72.8 Å². The van der Waals surface area contributed by atoms with Crippen molar-refractivity contribution in [2.75, 3.05) is 22.1 Å². The van der Waals surface area contributed by atoms with Crippen molar-refractivity contribution in [3.63, 3.8) is 0 Å². The zero-order chi connectivity index (χ0) is 22.7. The van der Waals surface area contributed by atoms with Crippen LogP contribution < -0.4 is 15.5 Å². The van der Waals surface area contributed by atoms with E-state index in [1.165, 1.54) is 23.1 Å². The van der Waals surface area contributed by atoms with Crippen molar-refractivity contribution >= 4 is 34.8 Å². The molecule has 162 valence electrons. The summed E-state index contributed by atoms with van der Waals surface area (Å²) in [5.74, 6) is -1.87. The van der Waals surface area contributed by atoms with Crippen LogP contribution in [0.5, 0.6) is 0 Å². The Kier molecular flexibility index (Phi) is 5.98. The minimum Gasteiger partial charge on any atom is -0.326 e. The number of hydrogen-bond acceptors (Lipinski definition) is 3. The van der Waals surface area contributed by atoms with E-state index >= 15 is 0 Å².